The summed E-state index contributed by atoms with van der Waals surface area (Å²) < 4.78 is 18.6. The summed E-state index contributed by atoms with van der Waals surface area (Å²) in [5.74, 6) is 0.705. The molecule has 0 aliphatic heterocycles. The number of nitro groups is 1. The van der Waals surface area contributed by atoms with E-state index in [1.165, 1.54) is 36.4 Å². The van der Waals surface area contributed by atoms with Gasteiger partial charge in [-0.3, -0.25) is 15.1 Å². The molecule has 1 unspecified atom stereocenters. The van der Waals surface area contributed by atoms with E-state index in [9.17, 15) is 19.6 Å². The van der Waals surface area contributed by atoms with Crippen LogP contribution in [0.15, 0.2) is 53.5 Å². The highest BCUT2D eigenvalue weighted by Crippen LogP contribution is 2.17. The average molecular weight is 404 g/mol. The number of ether oxygens (including phenoxy) is 1. The fraction of sp³-hybridized carbons (Fsp3) is 0.350. The van der Waals surface area contributed by atoms with Gasteiger partial charge in [-0.15, -0.1) is 0 Å². The van der Waals surface area contributed by atoms with Crippen molar-refractivity contribution in [2.24, 2.45) is 4.99 Å². The van der Waals surface area contributed by atoms with E-state index in [0.717, 1.165) is 5.56 Å². The number of nitrogens with zero attached hydrogens (tertiary/aromatic N) is 2. The van der Waals surface area contributed by atoms with Crippen LogP contribution in [0.1, 0.15) is 12.5 Å². The van der Waals surface area contributed by atoms with Crippen molar-refractivity contribution in [2.75, 3.05) is 26.2 Å². The average Bonchev–Trinajstić information content (AvgIpc) is 2.71. The van der Waals surface area contributed by atoms with Gasteiger partial charge in [-0.25, -0.2) is 4.39 Å². The molecule has 0 saturated carbocycles. The lowest BCUT2D eigenvalue weighted by atomic mass is 10.1. The van der Waals surface area contributed by atoms with Crippen molar-refractivity contribution in [3.05, 3.63) is 70.0 Å². The Kier molecular flexibility index (Phi) is 8.84. The second-order valence-electron chi connectivity index (χ2n) is 6.24. The fourth-order valence-corrected chi connectivity index (χ4v) is 2.47. The zero-order valence-corrected chi connectivity index (χ0v) is 16.2. The molecule has 0 amide bonds. The molecule has 1 atom stereocenters. The van der Waals surface area contributed by atoms with Crippen molar-refractivity contribution in [3.63, 3.8) is 0 Å². The molecule has 156 valence electrons. The van der Waals surface area contributed by atoms with Crippen LogP contribution in [0, 0.1) is 15.9 Å². The molecule has 2 aromatic carbocycles. The molecule has 0 aliphatic rings. The smallest absolute Gasteiger partial charge is 0.269 e. The molecule has 0 saturated heterocycles. The Labute approximate surface area is 168 Å². The second kappa shape index (κ2) is 11.6. The van der Waals surface area contributed by atoms with Gasteiger partial charge >= 0.3 is 0 Å². The number of hydrogen-bond donors (Lipinski definition) is 3. The molecule has 0 heterocycles. The molecule has 0 aromatic heterocycles. The molecule has 2 aromatic rings. The van der Waals surface area contributed by atoms with Crippen LogP contribution in [0.5, 0.6) is 5.75 Å². The molecule has 2 rings (SSSR count). The Morgan fingerprint density at radius 1 is 1.28 bits per heavy atom. The van der Waals surface area contributed by atoms with E-state index in [0.29, 0.717) is 31.2 Å². The number of nitrogens with one attached hydrogen (secondary N) is 2. The van der Waals surface area contributed by atoms with Crippen LogP contribution in [0.25, 0.3) is 0 Å². The first-order valence-corrected chi connectivity index (χ1v) is 9.30. The lowest BCUT2D eigenvalue weighted by molar-refractivity contribution is -0.384. The highest BCUT2D eigenvalue weighted by molar-refractivity contribution is 5.79. The number of aliphatic imine (C=N–C) groups is 1. The van der Waals surface area contributed by atoms with Crippen LogP contribution in [0.4, 0.5) is 10.1 Å². The number of aliphatic hydroxyl groups is 1. The van der Waals surface area contributed by atoms with Crippen LogP contribution in [-0.4, -0.2) is 48.3 Å². The molecule has 0 bridgehead atoms. The second-order valence-corrected chi connectivity index (χ2v) is 6.24. The normalized spacial score (nSPS) is 12.3. The first-order chi connectivity index (χ1) is 14.0. The number of hydrogen-bond acceptors (Lipinski definition) is 5. The Bertz CT molecular complexity index is 814. The van der Waals surface area contributed by atoms with Gasteiger partial charge in [0.15, 0.2) is 5.96 Å². The van der Waals surface area contributed by atoms with Crippen molar-refractivity contribution in [3.8, 4) is 5.75 Å². The van der Waals surface area contributed by atoms with Crippen molar-refractivity contribution < 1.29 is 19.2 Å². The maximum absolute atomic E-state index is 13.2. The number of aliphatic hydroxyl groups excluding tert-OH is 1. The van der Waals surface area contributed by atoms with Crippen LogP contribution in [-0.2, 0) is 6.42 Å². The predicted molar refractivity (Wildman–Crippen MR) is 109 cm³/mol. The van der Waals surface area contributed by atoms with Crippen LogP contribution >= 0.6 is 0 Å². The van der Waals surface area contributed by atoms with Gasteiger partial charge < -0.3 is 20.5 Å². The summed E-state index contributed by atoms with van der Waals surface area (Å²) in [4.78, 5) is 14.5. The number of rotatable bonds is 10. The molecule has 29 heavy (non-hydrogen) atoms. The standard InChI is InChI=1S/C20H25FN4O4/c1-2-22-20(23-11-10-15-4-3-5-16(21)12-15)24-13-18(26)14-29-19-8-6-17(7-9-19)25(27)28/h3-9,12,18,26H,2,10-11,13-14H2,1H3,(H2,22,23,24). The molecule has 3 N–H and O–H groups in total. The molecule has 0 radical (unpaired) electrons. The SMILES string of the molecule is CCNC(=NCC(O)COc1ccc([N+](=O)[O-])cc1)NCCc1cccc(F)c1. The van der Waals surface area contributed by atoms with Crippen molar-refractivity contribution in [2.45, 2.75) is 19.4 Å². The first kappa shape index (κ1) is 22.1. The zero-order valence-electron chi connectivity index (χ0n) is 16.2. The van der Waals surface area contributed by atoms with Gasteiger partial charge in [-0.2, -0.15) is 0 Å². The third kappa shape index (κ3) is 8.14. The van der Waals surface area contributed by atoms with Gasteiger partial charge in [0.05, 0.1) is 11.5 Å². The molecule has 0 spiro atoms. The number of benzene rings is 2. The third-order valence-electron chi connectivity index (χ3n) is 3.89. The molecule has 0 fully saturated rings. The quantitative estimate of drug-likeness (QED) is 0.243. The molecular formula is C20H25FN4O4. The Morgan fingerprint density at radius 2 is 2.03 bits per heavy atom. The van der Waals surface area contributed by atoms with Crippen molar-refractivity contribution in [1.29, 1.82) is 0 Å². The Hall–Kier alpha value is -3.20. The maximum atomic E-state index is 13.2. The molecule has 0 aliphatic carbocycles. The van der Waals surface area contributed by atoms with E-state index in [1.807, 2.05) is 13.0 Å². The van der Waals surface area contributed by atoms with Crippen molar-refractivity contribution >= 4 is 11.6 Å². The largest absolute Gasteiger partial charge is 0.491 e. The Morgan fingerprint density at radius 3 is 2.69 bits per heavy atom. The topological polar surface area (TPSA) is 109 Å². The van der Waals surface area contributed by atoms with Crippen molar-refractivity contribution in [1.82, 2.24) is 10.6 Å². The summed E-state index contributed by atoms with van der Waals surface area (Å²) in [6.07, 6.45) is -0.211. The fourth-order valence-electron chi connectivity index (χ4n) is 2.47. The molecular weight excluding hydrogens is 379 g/mol. The number of nitro benzene ring substituents is 1. The lowest BCUT2D eigenvalue weighted by Gasteiger charge is -2.14. The summed E-state index contributed by atoms with van der Waals surface area (Å²) in [5.41, 5.74) is 0.854. The predicted octanol–water partition coefficient (Wildman–Crippen LogP) is 2.27. The van der Waals surface area contributed by atoms with E-state index < -0.39 is 11.0 Å². The number of non-ortho nitro benzene ring substituents is 1. The van der Waals surface area contributed by atoms with Gasteiger partial charge in [0.25, 0.3) is 5.69 Å². The maximum Gasteiger partial charge on any atom is 0.269 e. The molecule has 8 nitrogen and oxygen atoms in total. The minimum Gasteiger partial charge on any atom is -0.491 e. The van der Waals surface area contributed by atoms with Crippen LogP contribution in [0.3, 0.4) is 0 Å². The zero-order chi connectivity index (χ0) is 21.1. The van der Waals surface area contributed by atoms with E-state index in [-0.39, 0.29) is 24.7 Å². The number of halogens is 1. The summed E-state index contributed by atoms with van der Waals surface area (Å²) in [6.45, 7) is 3.26. The van der Waals surface area contributed by atoms with E-state index in [4.69, 9.17) is 4.74 Å². The summed E-state index contributed by atoms with van der Waals surface area (Å²) in [6, 6.07) is 12.1. The van der Waals surface area contributed by atoms with Gasteiger partial charge in [-0.05, 0) is 43.2 Å². The molecule has 9 heteroatoms. The summed E-state index contributed by atoms with van der Waals surface area (Å²) in [7, 11) is 0. The van der Waals surface area contributed by atoms with Gasteiger partial charge in [0.2, 0.25) is 0 Å². The van der Waals surface area contributed by atoms with E-state index in [2.05, 4.69) is 15.6 Å². The van der Waals surface area contributed by atoms with Gasteiger partial charge in [0, 0.05) is 25.2 Å². The highest BCUT2D eigenvalue weighted by Gasteiger charge is 2.08. The van der Waals surface area contributed by atoms with E-state index >= 15 is 0 Å². The van der Waals surface area contributed by atoms with Crippen LogP contribution in [0.2, 0.25) is 0 Å². The number of guanidine groups is 1. The summed E-state index contributed by atoms with van der Waals surface area (Å²) in [5, 5.41) is 26.9. The minimum absolute atomic E-state index is 0.00398. The summed E-state index contributed by atoms with van der Waals surface area (Å²) >= 11 is 0. The van der Waals surface area contributed by atoms with Crippen LogP contribution < -0.4 is 15.4 Å². The Balaban J connectivity index is 1.77. The highest BCUT2D eigenvalue weighted by atomic mass is 19.1. The van der Waals surface area contributed by atoms with Gasteiger partial charge in [-0.1, -0.05) is 12.1 Å². The first-order valence-electron chi connectivity index (χ1n) is 9.30. The third-order valence-corrected chi connectivity index (χ3v) is 3.89. The monoisotopic (exact) mass is 404 g/mol. The lowest BCUT2D eigenvalue weighted by Crippen LogP contribution is -2.39. The van der Waals surface area contributed by atoms with Gasteiger partial charge in [0.1, 0.15) is 24.3 Å². The minimum atomic E-state index is -0.844. The van der Waals surface area contributed by atoms with E-state index in [1.54, 1.807) is 6.07 Å².